The molecule has 1 aromatic heterocycles. The molecule has 25 heavy (non-hydrogen) atoms. The Kier molecular flexibility index (Phi) is 5.39. The van der Waals surface area contributed by atoms with Crippen LogP contribution in [-0.4, -0.2) is 14.8 Å². The van der Waals surface area contributed by atoms with Crippen molar-refractivity contribution in [3.05, 3.63) is 77.4 Å². The molecule has 128 valence electrons. The van der Waals surface area contributed by atoms with Gasteiger partial charge in [-0.1, -0.05) is 65.9 Å². The number of nitrogens with zero attached hydrogens (tertiary/aromatic N) is 3. The van der Waals surface area contributed by atoms with Gasteiger partial charge in [0.15, 0.2) is 11.0 Å². The fraction of sp³-hybridized carbons (Fsp3) is 0.238. The molecule has 3 rings (SSSR count). The zero-order valence-corrected chi connectivity index (χ0v) is 15.8. The number of hydrogen-bond acceptors (Lipinski definition) is 3. The zero-order valence-electron chi connectivity index (χ0n) is 15.0. The molecule has 0 N–H and O–H groups in total. The Balaban J connectivity index is 1.91. The summed E-state index contributed by atoms with van der Waals surface area (Å²) < 4.78 is 2.14. The Morgan fingerprint density at radius 1 is 1.04 bits per heavy atom. The molecule has 0 saturated heterocycles. The highest BCUT2D eigenvalue weighted by Gasteiger charge is 2.15. The number of aryl methyl sites for hydroxylation is 3. The van der Waals surface area contributed by atoms with Crippen LogP contribution in [0.2, 0.25) is 0 Å². The predicted molar refractivity (Wildman–Crippen MR) is 106 cm³/mol. The van der Waals surface area contributed by atoms with Crippen LogP contribution < -0.4 is 0 Å². The Bertz CT molecular complexity index is 896. The van der Waals surface area contributed by atoms with Crippen LogP contribution in [0, 0.1) is 20.8 Å². The summed E-state index contributed by atoms with van der Waals surface area (Å²) in [6.45, 7) is 11.0. The van der Waals surface area contributed by atoms with Gasteiger partial charge in [-0.15, -0.1) is 16.8 Å². The van der Waals surface area contributed by atoms with Gasteiger partial charge in [-0.2, -0.15) is 0 Å². The normalized spacial score (nSPS) is 10.8. The molecule has 2 aromatic carbocycles. The van der Waals surface area contributed by atoms with E-state index in [4.69, 9.17) is 0 Å². The van der Waals surface area contributed by atoms with E-state index in [2.05, 4.69) is 72.4 Å². The average Bonchev–Trinajstić information content (AvgIpc) is 2.99. The summed E-state index contributed by atoms with van der Waals surface area (Å²) in [7, 11) is 0. The van der Waals surface area contributed by atoms with E-state index in [-0.39, 0.29) is 0 Å². The second-order valence-corrected chi connectivity index (χ2v) is 7.18. The minimum Gasteiger partial charge on any atom is -0.298 e. The highest BCUT2D eigenvalue weighted by atomic mass is 32.2. The third-order valence-corrected chi connectivity index (χ3v) is 5.29. The zero-order chi connectivity index (χ0) is 17.8. The molecule has 0 aliphatic carbocycles. The van der Waals surface area contributed by atoms with Gasteiger partial charge in [-0.25, -0.2) is 0 Å². The molecule has 4 heteroatoms. The molecule has 1 heterocycles. The van der Waals surface area contributed by atoms with Crippen LogP contribution in [0.1, 0.15) is 22.3 Å². The van der Waals surface area contributed by atoms with E-state index in [1.54, 1.807) is 11.8 Å². The number of thioether (sulfide) groups is 1. The molecule has 3 nitrogen and oxygen atoms in total. The van der Waals surface area contributed by atoms with Crippen LogP contribution in [0.4, 0.5) is 0 Å². The average molecular weight is 350 g/mol. The topological polar surface area (TPSA) is 30.7 Å². The second-order valence-electron chi connectivity index (χ2n) is 6.24. The Morgan fingerprint density at radius 2 is 1.84 bits per heavy atom. The van der Waals surface area contributed by atoms with Gasteiger partial charge in [0.05, 0.1) is 0 Å². The van der Waals surface area contributed by atoms with Crippen molar-refractivity contribution >= 4 is 11.8 Å². The minimum absolute atomic E-state index is 0.700. The van der Waals surface area contributed by atoms with Crippen LogP contribution in [0.3, 0.4) is 0 Å². The third-order valence-electron chi connectivity index (χ3n) is 4.28. The summed E-state index contributed by atoms with van der Waals surface area (Å²) in [5, 5.41) is 9.84. The smallest absolute Gasteiger partial charge is 0.192 e. The summed E-state index contributed by atoms with van der Waals surface area (Å²) >= 11 is 1.73. The van der Waals surface area contributed by atoms with Gasteiger partial charge in [0.1, 0.15) is 0 Å². The second kappa shape index (κ2) is 7.70. The van der Waals surface area contributed by atoms with E-state index in [0.29, 0.717) is 6.54 Å². The van der Waals surface area contributed by atoms with Crippen LogP contribution in [-0.2, 0) is 12.3 Å². The molecule has 0 unspecified atom stereocenters. The van der Waals surface area contributed by atoms with Crippen LogP contribution in [0.25, 0.3) is 11.4 Å². The number of benzene rings is 2. The van der Waals surface area contributed by atoms with E-state index < -0.39 is 0 Å². The summed E-state index contributed by atoms with van der Waals surface area (Å²) in [6.07, 6.45) is 1.90. The first kappa shape index (κ1) is 17.5. The van der Waals surface area contributed by atoms with Crippen molar-refractivity contribution in [2.45, 2.75) is 38.2 Å². The lowest BCUT2D eigenvalue weighted by atomic mass is 10.1. The molecule has 0 amide bonds. The van der Waals surface area contributed by atoms with Crippen LogP contribution in [0.5, 0.6) is 0 Å². The molecular weight excluding hydrogens is 326 g/mol. The van der Waals surface area contributed by atoms with Gasteiger partial charge in [-0.3, -0.25) is 4.57 Å². The van der Waals surface area contributed by atoms with Crippen LogP contribution in [0.15, 0.2) is 60.3 Å². The highest BCUT2D eigenvalue weighted by molar-refractivity contribution is 7.98. The maximum atomic E-state index is 4.46. The van der Waals surface area contributed by atoms with Crippen molar-refractivity contribution in [1.29, 1.82) is 0 Å². The number of aromatic nitrogens is 3. The minimum atomic E-state index is 0.700. The van der Waals surface area contributed by atoms with Gasteiger partial charge >= 0.3 is 0 Å². The molecule has 0 aliphatic heterocycles. The maximum absolute atomic E-state index is 4.46. The van der Waals surface area contributed by atoms with Crippen molar-refractivity contribution in [2.24, 2.45) is 0 Å². The van der Waals surface area contributed by atoms with Crippen LogP contribution >= 0.6 is 11.8 Å². The van der Waals surface area contributed by atoms with E-state index in [9.17, 15) is 0 Å². The molecule has 0 radical (unpaired) electrons. The number of rotatable bonds is 6. The Labute approximate surface area is 153 Å². The van der Waals surface area contributed by atoms with Gasteiger partial charge in [0, 0.05) is 17.9 Å². The van der Waals surface area contributed by atoms with Gasteiger partial charge in [-0.05, 0) is 37.5 Å². The van der Waals surface area contributed by atoms with Gasteiger partial charge < -0.3 is 0 Å². The predicted octanol–water partition coefficient (Wildman–Crippen LogP) is 5.35. The SMILES string of the molecule is C=CCn1c(SCc2cc(C)ccc2C)nnc1-c1ccccc1C. The molecule has 0 spiro atoms. The van der Waals surface area contributed by atoms with E-state index in [1.807, 2.05) is 18.2 Å². The fourth-order valence-electron chi connectivity index (χ4n) is 2.81. The van der Waals surface area contributed by atoms with Crippen molar-refractivity contribution in [1.82, 2.24) is 14.8 Å². The summed E-state index contributed by atoms with van der Waals surface area (Å²) in [5.41, 5.74) is 6.26. The standard InChI is InChI=1S/C21H23N3S/c1-5-12-24-20(19-9-7-6-8-17(19)4)22-23-21(24)25-14-18-13-15(2)10-11-16(18)3/h5-11,13H,1,12,14H2,2-4H3. The summed E-state index contributed by atoms with van der Waals surface area (Å²) in [5.74, 6) is 1.79. The van der Waals surface area contributed by atoms with Crippen molar-refractivity contribution in [2.75, 3.05) is 0 Å². The summed E-state index contributed by atoms with van der Waals surface area (Å²) in [6, 6.07) is 14.9. The van der Waals surface area contributed by atoms with Crippen molar-refractivity contribution < 1.29 is 0 Å². The first-order valence-corrected chi connectivity index (χ1v) is 9.37. The largest absolute Gasteiger partial charge is 0.298 e. The molecule has 0 aliphatic rings. The highest BCUT2D eigenvalue weighted by Crippen LogP contribution is 2.29. The quantitative estimate of drug-likeness (QED) is 0.444. The third kappa shape index (κ3) is 3.85. The van der Waals surface area contributed by atoms with E-state index in [0.717, 1.165) is 22.3 Å². The summed E-state index contributed by atoms with van der Waals surface area (Å²) in [4.78, 5) is 0. The van der Waals surface area contributed by atoms with Crippen molar-refractivity contribution in [3.8, 4) is 11.4 Å². The lowest BCUT2D eigenvalue weighted by Crippen LogP contribution is -2.01. The molecule has 0 atom stereocenters. The van der Waals surface area contributed by atoms with E-state index >= 15 is 0 Å². The molecule has 0 fully saturated rings. The lowest BCUT2D eigenvalue weighted by molar-refractivity contribution is 0.730. The number of hydrogen-bond donors (Lipinski definition) is 0. The lowest BCUT2D eigenvalue weighted by Gasteiger charge is -2.10. The first-order valence-electron chi connectivity index (χ1n) is 8.39. The Hall–Kier alpha value is -2.33. The fourth-order valence-corrected chi connectivity index (χ4v) is 3.82. The van der Waals surface area contributed by atoms with Crippen molar-refractivity contribution in [3.63, 3.8) is 0 Å². The number of allylic oxidation sites excluding steroid dienone is 1. The molecule has 3 aromatic rings. The van der Waals surface area contributed by atoms with E-state index in [1.165, 1.54) is 22.3 Å². The van der Waals surface area contributed by atoms with Gasteiger partial charge in [0.25, 0.3) is 0 Å². The first-order chi connectivity index (χ1) is 12.1. The molecular formula is C21H23N3S. The molecule has 0 bridgehead atoms. The molecule has 0 saturated carbocycles. The maximum Gasteiger partial charge on any atom is 0.192 e. The Morgan fingerprint density at radius 3 is 2.60 bits per heavy atom. The monoisotopic (exact) mass is 349 g/mol. The van der Waals surface area contributed by atoms with Gasteiger partial charge in [0.2, 0.25) is 0 Å².